The van der Waals surface area contributed by atoms with Crippen LogP contribution in [-0.4, -0.2) is 48.5 Å². The Balaban J connectivity index is 1.55. The number of fused-ring (bicyclic) bond motifs is 1. The first-order valence-electron chi connectivity index (χ1n) is 7.84. The normalized spacial score (nSPS) is 18.9. The highest BCUT2D eigenvalue weighted by Crippen LogP contribution is 2.28. The minimum atomic E-state index is 0.250. The van der Waals surface area contributed by atoms with Crippen LogP contribution in [0, 0.1) is 0 Å². The molecule has 0 amide bonds. The van der Waals surface area contributed by atoms with E-state index in [0.717, 1.165) is 37.6 Å². The lowest BCUT2D eigenvalue weighted by Crippen LogP contribution is -2.35. The first-order chi connectivity index (χ1) is 11.2. The van der Waals surface area contributed by atoms with Crippen molar-refractivity contribution in [1.82, 2.24) is 35.4 Å². The fourth-order valence-electron chi connectivity index (χ4n) is 2.85. The van der Waals surface area contributed by atoms with Gasteiger partial charge in [0.15, 0.2) is 17.3 Å². The van der Waals surface area contributed by atoms with Crippen LogP contribution in [0.15, 0.2) is 16.7 Å². The van der Waals surface area contributed by atoms with Gasteiger partial charge in [0.25, 0.3) is 0 Å². The number of rotatable bonds is 3. The third kappa shape index (κ3) is 2.62. The zero-order valence-electron chi connectivity index (χ0n) is 13.1. The SMILES string of the molecule is CC(C)c1nc([C@H]2CCCN(c3ccc4nnnn4n3)C2)no1. The maximum atomic E-state index is 5.34. The van der Waals surface area contributed by atoms with Crippen molar-refractivity contribution in [2.75, 3.05) is 18.0 Å². The van der Waals surface area contributed by atoms with E-state index < -0.39 is 0 Å². The zero-order chi connectivity index (χ0) is 15.8. The van der Waals surface area contributed by atoms with Gasteiger partial charge in [0.1, 0.15) is 0 Å². The molecule has 9 nitrogen and oxygen atoms in total. The number of nitrogens with zero attached hydrogens (tertiary/aromatic N) is 8. The van der Waals surface area contributed by atoms with Gasteiger partial charge < -0.3 is 9.42 Å². The van der Waals surface area contributed by atoms with Crippen LogP contribution >= 0.6 is 0 Å². The lowest BCUT2D eigenvalue weighted by Gasteiger charge is -2.31. The predicted octanol–water partition coefficient (Wildman–Crippen LogP) is 1.41. The van der Waals surface area contributed by atoms with Crippen LogP contribution in [0.25, 0.3) is 5.65 Å². The molecule has 3 aromatic rings. The minimum Gasteiger partial charge on any atom is -0.354 e. The van der Waals surface area contributed by atoms with Crippen LogP contribution in [0.1, 0.15) is 50.2 Å². The first-order valence-corrected chi connectivity index (χ1v) is 7.84. The average molecular weight is 314 g/mol. The maximum absolute atomic E-state index is 5.34. The summed E-state index contributed by atoms with van der Waals surface area (Å²) < 4.78 is 6.79. The second-order valence-corrected chi connectivity index (χ2v) is 6.15. The largest absolute Gasteiger partial charge is 0.354 e. The molecule has 0 unspecified atom stereocenters. The fraction of sp³-hybridized carbons (Fsp3) is 0.571. The van der Waals surface area contributed by atoms with Gasteiger partial charge in [-0.2, -0.15) is 4.98 Å². The molecule has 0 aliphatic carbocycles. The van der Waals surface area contributed by atoms with Crippen molar-refractivity contribution in [1.29, 1.82) is 0 Å². The van der Waals surface area contributed by atoms with Crippen LogP contribution < -0.4 is 4.90 Å². The Labute approximate surface area is 132 Å². The number of hydrogen-bond donors (Lipinski definition) is 0. The lowest BCUT2D eigenvalue weighted by atomic mass is 9.97. The van der Waals surface area contributed by atoms with Gasteiger partial charge in [-0.15, -0.1) is 14.8 Å². The Morgan fingerprint density at radius 3 is 3.04 bits per heavy atom. The molecular weight excluding hydrogens is 296 g/mol. The van der Waals surface area contributed by atoms with Gasteiger partial charge in [-0.1, -0.05) is 19.0 Å². The van der Waals surface area contributed by atoms with Gasteiger partial charge in [-0.05, 0) is 35.4 Å². The van der Waals surface area contributed by atoms with Crippen LogP contribution in [0.2, 0.25) is 0 Å². The van der Waals surface area contributed by atoms with E-state index in [9.17, 15) is 0 Å². The molecule has 0 radical (unpaired) electrons. The Morgan fingerprint density at radius 1 is 1.30 bits per heavy atom. The van der Waals surface area contributed by atoms with Crippen LogP contribution in [-0.2, 0) is 0 Å². The molecule has 1 fully saturated rings. The third-order valence-electron chi connectivity index (χ3n) is 4.12. The summed E-state index contributed by atoms with van der Waals surface area (Å²) >= 11 is 0. The average Bonchev–Trinajstić information content (AvgIpc) is 3.23. The number of tetrazole rings is 1. The van der Waals surface area contributed by atoms with Gasteiger partial charge in [-0.3, -0.25) is 0 Å². The molecule has 0 N–H and O–H groups in total. The van der Waals surface area contributed by atoms with Crippen molar-refractivity contribution < 1.29 is 4.52 Å². The molecule has 1 atom stereocenters. The zero-order valence-corrected chi connectivity index (χ0v) is 13.1. The van der Waals surface area contributed by atoms with Crippen LogP contribution in [0.5, 0.6) is 0 Å². The highest BCUT2D eigenvalue weighted by molar-refractivity contribution is 5.44. The summed E-state index contributed by atoms with van der Waals surface area (Å²) in [5, 5.41) is 20.0. The Hall–Kier alpha value is -2.58. The second kappa shape index (κ2) is 5.56. The quantitative estimate of drug-likeness (QED) is 0.715. The van der Waals surface area contributed by atoms with E-state index in [1.54, 1.807) is 0 Å². The fourth-order valence-corrected chi connectivity index (χ4v) is 2.85. The smallest absolute Gasteiger partial charge is 0.229 e. The van der Waals surface area contributed by atoms with Crippen molar-refractivity contribution in [2.45, 2.75) is 38.5 Å². The summed E-state index contributed by atoms with van der Waals surface area (Å²) in [5.74, 6) is 2.86. The summed E-state index contributed by atoms with van der Waals surface area (Å²) in [6.07, 6.45) is 2.12. The number of hydrogen-bond acceptors (Lipinski definition) is 8. The molecule has 23 heavy (non-hydrogen) atoms. The highest BCUT2D eigenvalue weighted by atomic mass is 16.5. The maximum Gasteiger partial charge on any atom is 0.229 e. The van der Waals surface area contributed by atoms with Crippen molar-refractivity contribution in [3.8, 4) is 0 Å². The van der Waals surface area contributed by atoms with Gasteiger partial charge in [0.2, 0.25) is 5.89 Å². The van der Waals surface area contributed by atoms with E-state index >= 15 is 0 Å². The second-order valence-electron chi connectivity index (χ2n) is 6.15. The molecular formula is C14H18N8O. The molecule has 4 heterocycles. The summed E-state index contributed by atoms with van der Waals surface area (Å²) in [6, 6.07) is 3.82. The van der Waals surface area contributed by atoms with Crippen molar-refractivity contribution in [3.63, 3.8) is 0 Å². The molecule has 4 rings (SSSR count). The molecule has 9 heteroatoms. The standard InChI is InChI=1S/C14H18N8O/c1-9(2)14-15-13(18-23-14)10-4-3-7-21(8-10)12-6-5-11-16-19-20-22(11)17-12/h5-6,9-10H,3-4,7-8H2,1-2H3/t10-/m0/s1. The number of anilines is 1. The molecule has 1 aliphatic rings. The molecule has 0 spiro atoms. The number of aromatic nitrogens is 7. The van der Waals surface area contributed by atoms with Crippen molar-refractivity contribution in [3.05, 3.63) is 23.8 Å². The summed E-state index contributed by atoms with van der Waals surface area (Å²) in [7, 11) is 0. The van der Waals surface area contributed by atoms with E-state index in [1.165, 1.54) is 4.63 Å². The Morgan fingerprint density at radius 2 is 2.22 bits per heavy atom. The topological polar surface area (TPSA) is 98.1 Å². The van der Waals surface area contributed by atoms with Gasteiger partial charge in [-0.25, -0.2) is 0 Å². The van der Waals surface area contributed by atoms with Gasteiger partial charge in [0, 0.05) is 24.9 Å². The van der Waals surface area contributed by atoms with Crippen LogP contribution in [0.4, 0.5) is 5.82 Å². The number of piperidine rings is 1. The Kier molecular flexibility index (Phi) is 3.40. The van der Waals surface area contributed by atoms with E-state index in [2.05, 4.69) is 49.5 Å². The molecule has 1 aliphatic heterocycles. The molecule has 1 saturated heterocycles. The Bertz CT molecular complexity index is 810. The van der Waals surface area contributed by atoms with E-state index in [0.29, 0.717) is 11.5 Å². The highest BCUT2D eigenvalue weighted by Gasteiger charge is 2.27. The van der Waals surface area contributed by atoms with Crippen molar-refractivity contribution in [2.24, 2.45) is 0 Å². The van der Waals surface area contributed by atoms with E-state index in [1.807, 2.05) is 12.1 Å². The first kappa shape index (κ1) is 14.0. The molecule has 0 bridgehead atoms. The summed E-state index contributed by atoms with van der Waals surface area (Å²) in [5.41, 5.74) is 0.641. The monoisotopic (exact) mass is 314 g/mol. The van der Waals surface area contributed by atoms with E-state index in [-0.39, 0.29) is 11.8 Å². The molecule has 3 aromatic heterocycles. The van der Waals surface area contributed by atoms with Crippen LogP contribution in [0.3, 0.4) is 0 Å². The summed E-state index contributed by atoms with van der Waals surface area (Å²) in [6.45, 7) is 5.87. The summed E-state index contributed by atoms with van der Waals surface area (Å²) in [4.78, 5) is 6.76. The van der Waals surface area contributed by atoms with Crippen molar-refractivity contribution >= 4 is 11.5 Å². The third-order valence-corrected chi connectivity index (χ3v) is 4.12. The minimum absolute atomic E-state index is 0.250. The van der Waals surface area contributed by atoms with E-state index in [4.69, 9.17) is 4.52 Å². The predicted molar refractivity (Wildman–Crippen MR) is 81.2 cm³/mol. The van der Waals surface area contributed by atoms with Gasteiger partial charge >= 0.3 is 0 Å². The molecule has 120 valence electrons. The lowest BCUT2D eigenvalue weighted by molar-refractivity contribution is 0.354. The molecule has 0 saturated carbocycles. The van der Waals surface area contributed by atoms with Gasteiger partial charge in [0.05, 0.1) is 0 Å². The molecule has 0 aromatic carbocycles.